The van der Waals surface area contributed by atoms with Gasteiger partial charge in [-0.2, -0.15) is 0 Å². The molecule has 0 radical (unpaired) electrons. The topological polar surface area (TPSA) is 65.1 Å². The first-order valence-corrected chi connectivity index (χ1v) is 10.6. The van der Waals surface area contributed by atoms with E-state index in [-0.39, 0.29) is 6.61 Å². The molecule has 0 bridgehead atoms. The molecule has 33 heavy (non-hydrogen) atoms. The van der Waals surface area contributed by atoms with E-state index in [4.69, 9.17) is 14.2 Å². The van der Waals surface area contributed by atoms with E-state index in [2.05, 4.69) is 0 Å². The summed E-state index contributed by atoms with van der Waals surface area (Å²) >= 11 is 0. The summed E-state index contributed by atoms with van der Waals surface area (Å²) in [6.45, 7) is 2.22. The van der Waals surface area contributed by atoms with Gasteiger partial charge in [-0.1, -0.05) is 66.7 Å². The molecule has 1 fully saturated rings. The van der Waals surface area contributed by atoms with Crippen molar-refractivity contribution < 1.29 is 23.8 Å². The zero-order valence-corrected chi connectivity index (χ0v) is 18.6. The van der Waals surface area contributed by atoms with Gasteiger partial charge in [-0.05, 0) is 41.8 Å². The molecule has 1 saturated heterocycles. The van der Waals surface area contributed by atoms with Crippen LogP contribution in [0, 0.1) is 0 Å². The van der Waals surface area contributed by atoms with Gasteiger partial charge < -0.3 is 14.2 Å². The molecule has 1 aliphatic rings. The minimum Gasteiger partial charge on any atom is -0.493 e. The van der Waals surface area contributed by atoms with Gasteiger partial charge in [0.05, 0.1) is 7.11 Å². The number of carbonyl (C=O) groups excluding carboxylic acids is 2. The van der Waals surface area contributed by atoms with Gasteiger partial charge in [0.2, 0.25) is 0 Å². The van der Waals surface area contributed by atoms with E-state index in [1.54, 1.807) is 26.2 Å². The Balaban J connectivity index is 1.55. The number of hydrogen-bond acceptors (Lipinski definition) is 5. The molecule has 1 heterocycles. The van der Waals surface area contributed by atoms with Gasteiger partial charge in [0.15, 0.2) is 11.5 Å². The van der Waals surface area contributed by atoms with Crippen LogP contribution in [0.3, 0.4) is 0 Å². The highest BCUT2D eigenvalue weighted by atomic mass is 16.6. The van der Waals surface area contributed by atoms with Crippen LogP contribution in [0.4, 0.5) is 4.79 Å². The Kier molecular flexibility index (Phi) is 6.74. The van der Waals surface area contributed by atoms with E-state index in [0.29, 0.717) is 23.7 Å². The molecule has 0 saturated carbocycles. The molecule has 2 amide bonds. The summed E-state index contributed by atoms with van der Waals surface area (Å²) in [7, 11) is 1.58. The Morgan fingerprint density at radius 3 is 2.42 bits per heavy atom. The Hall–Kier alpha value is -4.06. The lowest BCUT2D eigenvalue weighted by Crippen LogP contribution is -2.34. The van der Waals surface area contributed by atoms with Crippen molar-refractivity contribution in [2.24, 2.45) is 0 Å². The molecule has 3 aromatic rings. The number of benzene rings is 3. The Morgan fingerprint density at radius 1 is 1.03 bits per heavy atom. The lowest BCUT2D eigenvalue weighted by molar-refractivity contribution is -0.125. The van der Waals surface area contributed by atoms with Crippen molar-refractivity contribution >= 4 is 18.1 Å². The maximum absolute atomic E-state index is 13.2. The summed E-state index contributed by atoms with van der Waals surface area (Å²) in [5.41, 5.74) is 3.05. The molecule has 0 N–H and O–H groups in total. The van der Waals surface area contributed by atoms with Gasteiger partial charge in [-0.25, -0.2) is 9.69 Å². The molecule has 0 aromatic heterocycles. The van der Waals surface area contributed by atoms with E-state index < -0.39 is 18.0 Å². The summed E-state index contributed by atoms with van der Waals surface area (Å²) in [4.78, 5) is 26.7. The summed E-state index contributed by atoms with van der Waals surface area (Å²) in [6.07, 6.45) is 1.09. The molecule has 6 heteroatoms. The summed E-state index contributed by atoms with van der Waals surface area (Å²) in [5, 5.41) is 0. The average Bonchev–Trinajstić information content (AvgIpc) is 3.24. The van der Waals surface area contributed by atoms with Gasteiger partial charge in [0.25, 0.3) is 5.91 Å². The van der Waals surface area contributed by atoms with Crippen molar-refractivity contribution in [2.75, 3.05) is 13.7 Å². The minimum absolute atomic E-state index is 0.141. The molecule has 1 aliphatic heterocycles. The fourth-order valence-electron chi connectivity index (χ4n) is 3.70. The third-order valence-corrected chi connectivity index (χ3v) is 5.42. The van der Waals surface area contributed by atoms with Crippen LogP contribution >= 0.6 is 0 Å². The highest BCUT2D eigenvalue weighted by Crippen LogP contribution is 2.32. The SMILES string of the molecule is COc1ccc(/C=C(\C)C(=O)N2C(=O)OC[C@H]2c2ccccc2)cc1OCc1ccccc1. The second kappa shape index (κ2) is 10.0. The van der Waals surface area contributed by atoms with Crippen LogP contribution < -0.4 is 9.47 Å². The van der Waals surface area contributed by atoms with E-state index >= 15 is 0 Å². The van der Waals surface area contributed by atoms with E-state index in [1.165, 1.54) is 4.90 Å². The predicted octanol–water partition coefficient (Wildman–Crippen LogP) is 5.40. The van der Waals surface area contributed by atoms with E-state index in [0.717, 1.165) is 16.7 Å². The van der Waals surface area contributed by atoms with Gasteiger partial charge in [0.1, 0.15) is 19.3 Å². The molecule has 168 valence electrons. The van der Waals surface area contributed by atoms with Crippen LogP contribution in [-0.2, 0) is 16.1 Å². The van der Waals surface area contributed by atoms with Crippen LogP contribution in [-0.4, -0.2) is 30.6 Å². The number of nitrogens with zero attached hydrogens (tertiary/aromatic N) is 1. The lowest BCUT2D eigenvalue weighted by atomic mass is 10.1. The average molecular weight is 443 g/mol. The number of imide groups is 1. The summed E-state index contributed by atoms with van der Waals surface area (Å²) in [6, 6.07) is 24.2. The van der Waals surface area contributed by atoms with Crippen LogP contribution in [0.15, 0.2) is 84.4 Å². The lowest BCUT2D eigenvalue weighted by Gasteiger charge is -2.20. The van der Waals surface area contributed by atoms with Gasteiger partial charge in [0, 0.05) is 5.57 Å². The quantitative estimate of drug-likeness (QED) is 0.458. The van der Waals surface area contributed by atoms with Crippen molar-refractivity contribution in [1.82, 2.24) is 4.90 Å². The van der Waals surface area contributed by atoms with E-state index in [1.807, 2.05) is 72.8 Å². The third kappa shape index (κ3) is 5.06. The number of hydrogen-bond donors (Lipinski definition) is 0. The molecule has 0 aliphatic carbocycles. The van der Waals surface area contributed by atoms with Crippen molar-refractivity contribution in [2.45, 2.75) is 19.6 Å². The Bertz CT molecular complexity index is 1160. The Labute approximate surface area is 193 Å². The smallest absolute Gasteiger partial charge is 0.417 e. The zero-order valence-electron chi connectivity index (χ0n) is 18.6. The largest absolute Gasteiger partial charge is 0.493 e. The molecular weight excluding hydrogens is 418 g/mol. The minimum atomic E-state index is -0.636. The predicted molar refractivity (Wildman–Crippen MR) is 125 cm³/mol. The van der Waals surface area contributed by atoms with Crippen molar-refractivity contribution in [3.8, 4) is 11.5 Å². The monoisotopic (exact) mass is 443 g/mol. The number of rotatable bonds is 7. The first kappa shape index (κ1) is 22.1. The van der Waals surface area contributed by atoms with Gasteiger partial charge >= 0.3 is 6.09 Å². The van der Waals surface area contributed by atoms with Crippen LogP contribution in [0.5, 0.6) is 11.5 Å². The normalized spacial score (nSPS) is 15.8. The number of ether oxygens (including phenoxy) is 3. The van der Waals surface area contributed by atoms with Crippen molar-refractivity contribution in [1.29, 1.82) is 0 Å². The van der Waals surface area contributed by atoms with E-state index in [9.17, 15) is 9.59 Å². The van der Waals surface area contributed by atoms with Crippen LogP contribution in [0.1, 0.15) is 29.7 Å². The standard InChI is InChI=1S/C27H25NO5/c1-19(26(29)28-23(18-33-27(28)30)22-11-7-4-8-12-22)15-21-13-14-24(31-2)25(16-21)32-17-20-9-5-3-6-10-20/h3-16,23H,17-18H2,1-2H3/b19-15+/t23-/m0/s1. The molecule has 0 unspecified atom stereocenters. The van der Waals surface area contributed by atoms with Crippen LogP contribution in [0.25, 0.3) is 6.08 Å². The molecule has 3 aromatic carbocycles. The zero-order chi connectivity index (χ0) is 23.2. The van der Waals surface area contributed by atoms with Gasteiger partial charge in [-0.3, -0.25) is 4.79 Å². The molecule has 1 atom stereocenters. The van der Waals surface area contributed by atoms with Crippen molar-refractivity contribution in [3.05, 3.63) is 101 Å². The number of methoxy groups -OCH3 is 1. The van der Waals surface area contributed by atoms with Crippen LogP contribution in [0.2, 0.25) is 0 Å². The molecule has 4 rings (SSSR count). The number of cyclic esters (lactones) is 1. The maximum atomic E-state index is 13.2. The summed E-state index contributed by atoms with van der Waals surface area (Å²) in [5.74, 6) is 0.770. The van der Waals surface area contributed by atoms with Gasteiger partial charge in [-0.15, -0.1) is 0 Å². The fraction of sp³-hybridized carbons (Fsp3) is 0.185. The first-order chi connectivity index (χ1) is 16.1. The highest BCUT2D eigenvalue weighted by Gasteiger charge is 2.39. The molecule has 6 nitrogen and oxygen atoms in total. The molecule has 0 spiro atoms. The maximum Gasteiger partial charge on any atom is 0.417 e. The number of amides is 2. The second-order valence-corrected chi connectivity index (χ2v) is 7.69. The fourth-order valence-corrected chi connectivity index (χ4v) is 3.70. The second-order valence-electron chi connectivity index (χ2n) is 7.69. The molecular formula is C27H25NO5. The summed E-state index contributed by atoms with van der Waals surface area (Å²) < 4.78 is 16.6. The number of carbonyl (C=O) groups is 2. The Morgan fingerprint density at radius 2 is 1.73 bits per heavy atom. The van der Waals surface area contributed by atoms with Crippen molar-refractivity contribution in [3.63, 3.8) is 0 Å². The third-order valence-electron chi connectivity index (χ3n) is 5.42. The highest BCUT2D eigenvalue weighted by molar-refractivity contribution is 6.05. The first-order valence-electron chi connectivity index (χ1n) is 10.6.